The van der Waals surface area contributed by atoms with E-state index in [0.29, 0.717) is 18.7 Å². The third kappa shape index (κ3) is 4.67. The molecule has 6 nitrogen and oxygen atoms in total. The number of H-pyrrole nitrogens is 1. The van der Waals surface area contributed by atoms with Gasteiger partial charge in [-0.05, 0) is 60.9 Å². The Morgan fingerprint density at radius 3 is 2.66 bits per heavy atom. The first kappa shape index (κ1) is 21.5. The second-order valence-corrected chi connectivity index (χ2v) is 9.69. The van der Waals surface area contributed by atoms with Crippen LogP contribution < -0.4 is 5.56 Å². The van der Waals surface area contributed by atoms with Crippen LogP contribution in [0.5, 0.6) is 5.88 Å². The number of aromatic hydroxyl groups is 1. The number of aromatic nitrogens is 2. The highest BCUT2D eigenvalue weighted by Crippen LogP contribution is 2.46. The fourth-order valence-electron chi connectivity index (χ4n) is 4.75. The molecule has 1 aromatic carbocycles. The normalized spacial score (nSPS) is 24.1. The topological polar surface area (TPSA) is 90.6 Å². The molecule has 0 saturated heterocycles. The highest BCUT2D eigenvalue weighted by molar-refractivity contribution is 7.71. The van der Waals surface area contributed by atoms with E-state index in [1.807, 2.05) is 31.2 Å². The number of nitrogens with one attached hydrogen (secondary N) is 1. The lowest BCUT2D eigenvalue weighted by Crippen LogP contribution is -2.40. The van der Waals surface area contributed by atoms with Crippen LogP contribution in [0.2, 0.25) is 0 Å². The average molecular weight is 416 g/mol. The summed E-state index contributed by atoms with van der Waals surface area (Å²) >= 11 is 5.27. The van der Waals surface area contributed by atoms with Crippen LogP contribution in [-0.4, -0.2) is 38.6 Å². The van der Waals surface area contributed by atoms with Gasteiger partial charge in [0, 0.05) is 12.8 Å². The summed E-state index contributed by atoms with van der Waals surface area (Å²) in [6, 6.07) is 7.48. The number of rotatable bonds is 4. The first-order valence-corrected chi connectivity index (χ1v) is 10.2. The molecule has 1 aromatic heterocycles. The number of aliphatic hydroxyl groups is 1. The number of aliphatic hydroxyl groups excluding tert-OH is 1. The van der Waals surface area contributed by atoms with E-state index in [0.717, 1.165) is 18.4 Å². The summed E-state index contributed by atoms with van der Waals surface area (Å²) < 4.78 is 1.57. The van der Waals surface area contributed by atoms with Gasteiger partial charge in [-0.25, -0.2) is 0 Å². The van der Waals surface area contributed by atoms with Gasteiger partial charge in [0.2, 0.25) is 5.88 Å². The Hall–Kier alpha value is -2.25. The zero-order valence-electron chi connectivity index (χ0n) is 17.4. The molecular weight excluding hydrogens is 386 g/mol. The number of nitrogens with zero attached hydrogens (tertiary/aromatic N) is 2. The molecule has 0 bridgehead atoms. The lowest BCUT2D eigenvalue weighted by atomic mass is 9.63. The van der Waals surface area contributed by atoms with Crippen molar-refractivity contribution in [3.05, 3.63) is 50.5 Å². The van der Waals surface area contributed by atoms with Gasteiger partial charge in [-0.1, -0.05) is 39.0 Å². The molecule has 156 valence electrons. The van der Waals surface area contributed by atoms with Crippen LogP contribution in [0, 0.1) is 22.5 Å². The standard InChI is InChI=1S/C22H29N3O3S/c1-14-7-5-6-8-17(14)25-19(28)16(18(27)24-20(25)29)11-23-13-22(4)10-15(26)9-21(2,3)12-22/h5-8,11,15,26,28H,9-10,12-13H2,1-4H3,(H,24,27,29)/t15-,22+/m1/s1. The van der Waals surface area contributed by atoms with E-state index in [1.54, 1.807) is 0 Å². The van der Waals surface area contributed by atoms with Gasteiger partial charge in [0.05, 0.1) is 11.8 Å². The number of hydrogen-bond acceptors (Lipinski definition) is 5. The van der Waals surface area contributed by atoms with Crippen LogP contribution in [0.4, 0.5) is 0 Å². The Morgan fingerprint density at radius 2 is 2.00 bits per heavy atom. The van der Waals surface area contributed by atoms with Crippen molar-refractivity contribution in [1.29, 1.82) is 0 Å². The molecule has 3 rings (SSSR count). The monoisotopic (exact) mass is 415 g/mol. The van der Waals surface area contributed by atoms with Crippen molar-refractivity contribution in [2.45, 2.75) is 53.1 Å². The first-order chi connectivity index (χ1) is 13.5. The van der Waals surface area contributed by atoms with E-state index in [2.05, 4.69) is 30.7 Å². The van der Waals surface area contributed by atoms with Crippen molar-refractivity contribution in [3.8, 4) is 11.6 Å². The number of aryl methyl sites for hydroxylation is 1. The third-order valence-corrected chi connectivity index (χ3v) is 5.88. The minimum atomic E-state index is -0.477. The predicted octanol–water partition coefficient (Wildman–Crippen LogP) is 3.91. The smallest absolute Gasteiger partial charge is 0.264 e. The second kappa shape index (κ2) is 7.88. The van der Waals surface area contributed by atoms with Crippen molar-refractivity contribution in [2.24, 2.45) is 15.8 Å². The number of hydrogen-bond donors (Lipinski definition) is 3. The number of aromatic amines is 1. The molecule has 3 N–H and O–H groups in total. The summed E-state index contributed by atoms with van der Waals surface area (Å²) in [5, 5.41) is 21.0. The highest BCUT2D eigenvalue weighted by atomic mass is 32.1. The molecule has 0 spiro atoms. The van der Waals surface area contributed by atoms with E-state index in [4.69, 9.17) is 12.2 Å². The van der Waals surface area contributed by atoms with Gasteiger partial charge in [0.15, 0.2) is 4.77 Å². The lowest BCUT2D eigenvalue weighted by Gasteiger charge is -2.44. The molecule has 7 heteroatoms. The maximum atomic E-state index is 12.4. The van der Waals surface area contributed by atoms with E-state index < -0.39 is 5.56 Å². The van der Waals surface area contributed by atoms with Crippen molar-refractivity contribution >= 4 is 18.4 Å². The zero-order chi connectivity index (χ0) is 21.4. The number of benzene rings is 1. The second-order valence-electron chi connectivity index (χ2n) is 9.30. The molecule has 2 atom stereocenters. The SMILES string of the molecule is Cc1ccccc1-n1c(O)c(C=NC[C@@]2(C)C[C@H](O)CC(C)(C)C2)c(=O)[nH]c1=S. The quantitative estimate of drug-likeness (QED) is 0.522. The minimum Gasteiger partial charge on any atom is -0.494 e. The minimum absolute atomic E-state index is 0.0411. The van der Waals surface area contributed by atoms with Crippen molar-refractivity contribution < 1.29 is 10.2 Å². The Labute approximate surface area is 176 Å². The summed E-state index contributed by atoms with van der Waals surface area (Å²) in [4.78, 5) is 19.5. The van der Waals surface area contributed by atoms with E-state index in [-0.39, 0.29) is 33.1 Å². The molecular formula is C22H29N3O3S. The number of aliphatic imine (C=N–C) groups is 1. The largest absolute Gasteiger partial charge is 0.494 e. The highest BCUT2D eigenvalue weighted by Gasteiger charge is 2.40. The van der Waals surface area contributed by atoms with Gasteiger partial charge in [0.25, 0.3) is 5.56 Å². The molecule has 29 heavy (non-hydrogen) atoms. The summed E-state index contributed by atoms with van der Waals surface area (Å²) in [6.45, 7) is 8.79. The Bertz CT molecular complexity index is 1050. The molecule has 0 aliphatic heterocycles. The van der Waals surface area contributed by atoms with Crippen molar-refractivity contribution in [1.82, 2.24) is 9.55 Å². The zero-order valence-corrected chi connectivity index (χ0v) is 18.2. The summed E-state index contributed by atoms with van der Waals surface area (Å²) in [5.41, 5.74) is 1.09. The van der Waals surface area contributed by atoms with Crippen LogP contribution in [0.3, 0.4) is 0 Å². The molecule has 0 unspecified atom stereocenters. The van der Waals surface area contributed by atoms with Gasteiger partial charge in [-0.2, -0.15) is 0 Å². The molecule has 0 radical (unpaired) electrons. The summed E-state index contributed by atoms with van der Waals surface area (Å²) in [7, 11) is 0. The predicted molar refractivity (Wildman–Crippen MR) is 118 cm³/mol. The Kier molecular flexibility index (Phi) is 5.83. The van der Waals surface area contributed by atoms with Gasteiger partial charge in [-0.15, -0.1) is 0 Å². The number of para-hydroxylation sites is 1. The summed E-state index contributed by atoms with van der Waals surface area (Å²) in [5.74, 6) is -0.231. The first-order valence-electron chi connectivity index (χ1n) is 9.84. The fraction of sp³-hybridized carbons (Fsp3) is 0.500. The molecule has 1 aliphatic carbocycles. The third-order valence-electron chi connectivity index (χ3n) is 5.59. The molecule has 1 aliphatic rings. The van der Waals surface area contributed by atoms with E-state index in [1.165, 1.54) is 10.8 Å². The summed E-state index contributed by atoms with van der Waals surface area (Å²) in [6.07, 6.45) is 3.45. The molecule has 1 saturated carbocycles. The fourth-order valence-corrected chi connectivity index (χ4v) is 5.03. The van der Waals surface area contributed by atoms with Crippen molar-refractivity contribution in [2.75, 3.05) is 6.54 Å². The Morgan fingerprint density at radius 1 is 1.31 bits per heavy atom. The van der Waals surface area contributed by atoms with Crippen LogP contribution in [0.25, 0.3) is 5.69 Å². The lowest BCUT2D eigenvalue weighted by molar-refractivity contribution is -0.00472. The molecule has 2 aromatic rings. The van der Waals surface area contributed by atoms with Crippen LogP contribution in [0.1, 0.15) is 51.2 Å². The van der Waals surface area contributed by atoms with E-state index in [9.17, 15) is 15.0 Å². The van der Waals surface area contributed by atoms with Crippen molar-refractivity contribution in [3.63, 3.8) is 0 Å². The average Bonchev–Trinajstić information content (AvgIpc) is 2.57. The van der Waals surface area contributed by atoms with Crippen LogP contribution in [0.15, 0.2) is 34.1 Å². The Balaban J connectivity index is 1.94. The van der Waals surface area contributed by atoms with Gasteiger partial charge in [0.1, 0.15) is 5.56 Å². The van der Waals surface area contributed by atoms with Crippen LogP contribution >= 0.6 is 12.2 Å². The van der Waals surface area contributed by atoms with Gasteiger partial charge in [-0.3, -0.25) is 19.3 Å². The van der Waals surface area contributed by atoms with E-state index >= 15 is 0 Å². The van der Waals surface area contributed by atoms with Gasteiger partial charge >= 0.3 is 0 Å². The maximum absolute atomic E-state index is 12.4. The maximum Gasteiger partial charge on any atom is 0.264 e. The van der Waals surface area contributed by atoms with Gasteiger partial charge < -0.3 is 10.2 Å². The molecule has 1 heterocycles. The molecule has 0 amide bonds. The van der Waals surface area contributed by atoms with Crippen LogP contribution in [-0.2, 0) is 0 Å². The molecule has 1 fully saturated rings.